The van der Waals surface area contributed by atoms with Crippen molar-refractivity contribution < 1.29 is 16.8 Å². The van der Waals surface area contributed by atoms with Crippen molar-refractivity contribution in [3.63, 3.8) is 0 Å². The Morgan fingerprint density at radius 2 is 1.95 bits per heavy atom. The maximum atomic E-state index is 11.5. The number of hydrogen-bond donors (Lipinski definition) is 2. The number of aryl methyl sites for hydroxylation is 2. The molecule has 19 heavy (non-hydrogen) atoms. The van der Waals surface area contributed by atoms with E-state index in [1.807, 2.05) is 6.92 Å². The molecule has 0 amide bonds. The van der Waals surface area contributed by atoms with Gasteiger partial charge in [-0.3, -0.25) is 5.10 Å². The van der Waals surface area contributed by atoms with Gasteiger partial charge >= 0.3 is 0 Å². The second-order valence-corrected chi connectivity index (χ2v) is 8.65. The van der Waals surface area contributed by atoms with E-state index in [0.29, 0.717) is 6.42 Å². The summed E-state index contributed by atoms with van der Waals surface area (Å²) >= 11 is 0. The molecule has 1 aromatic heterocycles. The van der Waals surface area contributed by atoms with Crippen LogP contribution in [-0.4, -0.2) is 51.3 Å². The number of sulfone groups is 1. The van der Waals surface area contributed by atoms with Crippen LogP contribution in [0.2, 0.25) is 0 Å². The van der Waals surface area contributed by atoms with Crippen molar-refractivity contribution in [3.8, 4) is 0 Å². The number of hydrogen-bond acceptors (Lipinski definition) is 5. The van der Waals surface area contributed by atoms with E-state index in [0.717, 1.165) is 23.9 Å². The summed E-state index contributed by atoms with van der Waals surface area (Å²) in [5, 5.41) is 6.68. The predicted molar refractivity (Wildman–Crippen MR) is 73.1 cm³/mol. The molecule has 0 aromatic carbocycles. The fourth-order valence-electron chi connectivity index (χ4n) is 1.47. The minimum Gasteiger partial charge on any atom is -0.283 e. The molecule has 1 rings (SSSR count). The Morgan fingerprint density at radius 3 is 2.47 bits per heavy atom. The first-order chi connectivity index (χ1) is 8.70. The van der Waals surface area contributed by atoms with Gasteiger partial charge in [0.05, 0.1) is 17.7 Å². The van der Waals surface area contributed by atoms with Crippen LogP contribution in [-0.2, 0) is 26.3 Å². The lowest BCUT2D eigenvalue weighted by molar-refractivity contribution is 0.576. The molecule has 0 unspecified atom stereocenters. The van der Waals surface area contributed by atoms with Crippen molar-refractivity contribution in [2.45, 2.75) is 19.8 Å². The summed E-state index contributed by atoms with van der Waals surface area (Å²) in [6.07, 6.45) is 4.09. The largest absolute Gasteiger partial charge is 0.283 e. The van der Waals surface area contributed by atoms with E-state index in [-0.39, 0.29) is 12.3 Å². The van der Waals surface area contributed by atoms with Crippen LogP contribution in [0.5, 0.6) is 0 Å². The van der Waals surface area contributed by atoms with Gasteiger partial charge in [-0.2, -0.15) is 5.10 Å². The number of H-pyrrole nitrogens is 1. The van der Waals surface area contributed by atoms with Gasteiger partial charge in [-0.15, -0.1) is 0 Å². The Morgan fingerprint density at radius 1 is 1.26 bits per heavy atom. The lowest BCUT2D eigenvalue weighted by Crippen LogP contribution is -2.30. The number of aromatic nitrogens is 2. The third-order valence-corrected chi connectivity index (χ3v) is 5.19. The average molecular weight is 309 g/mol. The van der Waals surface area contributed by atoms with E-state index in [1.54, 1.807) is 6.20 Å². The third-order valence-electron chi connectivity index (χ3n) is 2.60. The molecule has 0 radical (unpaired) electrons. The van der Waals surface area contributed by atoms with E-state index >= 15 is 0 Å². The number of rotatable bonds is 8. The van der Waals surface area contributed by atoms with Crippen LogP contribution < -0.4 is 4.72 Å². The second-order valence-electron chi connectivity index (χ2n) is 4.47. The van der Waals surface area contributed by atoms with E-state index in [4.69, 9.17) is 0 Å². The number of sulfonamides is 1. The molecule has 0 spiro atoms. The van der Waals surface area contributed by atoms with E-state index in [2.05, 4.69) is 14.9 Å². The molecule has 0 fully saturated rings. The summed E-state index contributed by atoms with van der Waals surface area (Å²) in [4.78, 5) is 0. The second kappa shape index (κ2) is 6.49. The highest BCUT2D eigenvalue weighted by Crippen LogP contribution is 2.05. The standard InChI is InChI=1S/C10H19N3O4S2/c1-9-10(8-11-13-9)4-3-5-12-19(16,17)7-6-18(2,14)15/h8,12H,3-7H2,1-2H3,(H,11,13). The molecule has 0 aliphatic rings. The van der Waals surface area contributed by atoms with Crippen LogP contribution in [0.15, 0.2) is 6.20 Å². The summed E-state index contributed by atoms with van der Waals surface area (Å²) < 4.78 is 47.2. The molecule has 0 aliphatic carbocycles. The minimum absolute atomic E-state index is 0.288. The first kappa shape index (κ1) is 16.1. The number of nitrogens with zero attached hydrogens (tertiary/aromatic N) is 1. The molecule has 0 bridgehead atoms. The van der Waals surface area contributed by atoms with Crippen LogP contribution >= 0.6 is 0 Å². The van der Waals surface area contributed by atoms with Gasteiger partial charge in [0.1, 0.15) is 9.84 Å². The molecule has 0 saturated heterocycles. The monoisotopic (exact) mass is 309 g/mol. The summed E-state index contributed by atoms with van der Waals surface area (Å²) in [7, 11) is -6.78. The molecule has 9 heteroatoms. The molecule has 2 N–H and O–H groups in total. The molecule has 0 saturated carbocycles. The zero-order valence-corrected chi connectivity index (χ0v) is 12.6. The highest BCUT2D eigenvalue weighted by Gasteiger charge is 2.13. The highest BCUT2D eigenvalue weighted by molar-refractivity contribution is 7.93. The van der Waals surface area contributed by atoms with Crippen molar-refractivity contribution in [1.82, 2.24) is 14.9 Å². The number of aromatic amines is 1. The van der Waals surface area contributed by atoms with Crippen LogP contribution in [0.3, 0.4) is 0 Å². The zero-order valence-electron chi connectivity index (χ0n) is 11.0. The zero-order chi connectivity index (χ0) is 14.5. The van der Waals surface area contributed by atoms with Gasteiger partial charge in [0.2, 0.25) is 10.0 Å². The lowest BCUT2D eigenvalue weighted by Gasteiger charge is -2.05. The lowest BCUT2D eigenvalue weighted by atomic mass is 10.1. The molecular formula is C10H19N3O4S2. The molecule has 7 nitrogen and oxygen atoms in total. The number of nitrogens with one attached hydrogen (secondary N) is 2. The Bertz CT molecular complexity index is 604. The first-order valence-corrected chi connectivity index (χ1v) is 9.55. The normalized spacial score (nSPS) is 12.7. The van der Waals surface area contributed by atoms with Crippen molar-refractivity contribution in [1.29, 1.82) is 0 Å². The summed E-state index contributed by atoms with van der Waals surface area (Å²) in [5.41, 5.74) is 2.02. The SMILES string of the molecule is Cc1[nH]ncc1CCCNS(=O)(=O)CCS(C)(=O)=O. The van der Waals surface area contributed by atoms with Crippen LogP contribution in [0.4, 0.5) is 0 Å². The Labute approximate surface area is 113 Å². The minimum atomic E-state index is -3.52. The molecule has 1 aromatic rings. The highest BCUT2D eigenvalue weighted by atomic mass is 32.2. The van der Waals surface area contributed by atoms with Gasteiger partial charge in [0.15, 0.2) is 0 Å². The molecular weight excluding hydrogens is 290 g/mol. The van der Waals surface area contributed by atoms with Gasteiger partial charge in [-0.25, -0.2) is 21.6 Å². The van der Waals surface area contributed by atoms with Crippen LogP contribution in [0.1, 0.15) is 17.7 Å². The van der Waals surface area contributed by atoms with Crippen molar-refractivity contribution in [2.75, 3.05) is 24.3 Å². The third kappa shape index (κ3) is 6.69. The first-order valence-electron chi connectivity index (χ1n) is 5.83. The predicted octanol–water partition coefficient (Wildman–Crippen LogP) is -0.385. The molecule has 110 valence electrons. The summed E-state index contributed by atoms with van der Waals surface area (Å²) in [6, 6.07) is 0. The maximum Gasteiger partial charge on any atom is 0.212 e. The van der Waals surface area contributed by atoms with E-state index in [1.165, 1.54) is 0 Å². The maximum absolute atomic E-state index is 11.5. The van der Waals surface area contributed by atoms with E-state index in [9.17, 15) is 16.8 Å². The van der Waals surface area contributed by atoms with Gasteiger partial charge in [0.25, 0.3) is 0 Å². The Kier molecular flexibility index (Phi) is 5.50. The summed E-state index contributed by atoms with van der Waals surface area (Å²) in [6.45, 7) is 2.19. The average Bonchev–Trinajstić information content (AvgIpc) is 2.67. The fraction of sp³-hybridized carbons (Fsp3) is 0.700. The van der Waals surface area contributed by atoms with Crippen LogP contribution in [0.25, 0.3) is 0 Å². The smallest absolute Gasteiger partial charge is 0.212 e. The van der Waals surface area contributed by atoms with Crippen molar-refractivity contribution >= 4 is 19.9 Å². The van der Waals surface area contributed by atoms with Crippen molar-refractivity contribution in [3.05, 3.63) is 17.5 Å². The Balaban J connectivity index is 2.30. The molecule has 0 atom stereocenters. The van der Waals surface area contributed by atoms with Gasteiger partial charge < -0.3 is 0 Å². The molecule has 0 aliphatic heterocycles. The quantitative estimate of drug-likeness (QED) is 0.636. The topological polar surface area (TPSA) is 109 Å². The van der Waals surface area contributed by atoms with Crippen LogP contribution in [0, 0.1) is 6.92 Å². The van der Waals surface area contributed by atoms with Gasteiger partial charge in [0, 0.05) is 18.5 Å². The van der Waals surface area contributed by atoms with E-state index < -0.39 is 25.6 Å². The Hall–Kier alpha value is -0.930. The van der Waals surface area contributed by atoms with Gasteiger partial charge in [-0.1, -0.05) is 0 Å². The fourth-order valence-corrected chi connectivity index (χ4v) is 4.16. The van der Waals surface area contributed by atoms with Crippen molar-refractivity contribution in [2.24, 2.45) is 0 Å². The van der Waals surface area contributed by atoms with Gasteiger partial charge in [-0.05, 0) is 25.3 Å². The molecule has 1 heterocycles. The summed E-state index contributed by atoms with van der Waals surface area (Å²) in [5.74, 6) is -0.750.